The van der Waals surface area contributed by atoms with Gasteiger partial charge in [0.25, 0.3) is 10.9 Å². The summed E-state index contributed by atoms with van der Waals surface area (Å²) in [6, 6.07) is 0.693. The van der Waals surface area contributed by atoms with Gasteiger partial charge in [0, 0.05) is 24.5 Å². The molecule has 3 N–H and O–H groups in total. The molecule has 6 nitrogen and oxygen atoms in total. The Balaban J connectivity index is 1.21. The van der Waals surface area contributed by atoms with Crippen molar-refractivity contribution < 1.29 is 4.79 Å². The molecule has 1 aromatic carbocycles. The topological polar surface area (TPSA) is 87.3 Å². The standard InChI is InChI=1S/C25H39N3O3/c29-23-21(22(24(23)30)27-19-8-6-3-7-9-19)26-16-17-12-14-18(15-13-17)25(31)28-20-10-4-1-2-5-11-20/h17-20,26-27H,1-16H2,(H,28,31). The van der Waals surface area contributed by atoms with Crippen LogP contribution in [0.4, 0.5) is 11.4 Å². The Morgan fingerprint density at radius 2 is 1.23 bits per heavy atom. The third kappa shape index (κ3) is 5.69. The minimum atomic E-state index is -0.380. The Morgan fingerprint density at radius 1 is 0.677 bits per heavy atom. The van der Waals surface area contributed by atoms with Crippen LogP contribution in [0.25, 0.3) is 0 Å². The molecule has 1 aromatic rings. The van der Waals surface area contributed by atoms with E-state index in [1.54, 1.807) is 0 Å². The van der Waals surface area contributed by atoms with Crippen LogP contribution in [0.15, 0.2) is 9.59 Å². The molecule has 0 spiro atoms. The second-order valence-electron chi connectivity index (χ2n) is 10.2. The molecule has 0 radical (unpaired) electrons. The third-order valence-electron chi connectivity index (χ3n) is 7.85. The number of rotatable bonds is 7. The predicted octanol–water partition coefficient (Wildman–Crippen LogP) is 4.08. The van der Waals surface area contributed by atoms with Crippen LogP contribution in [0.1, 0.15) is 96.3 Å². The van der Waals surface area contributed by atoms with E-state index in [0.29, 0.717) is 35.9 Å². The highest BCUT2D eigenvalue weighted by atomic mass is 16.2. The third-order valence-corrected chi connectivity index (χ3v) is 7.85. The van der Waals surface area contributed by atoms with Gasteiger partial charge in [-0.05, 0) is 57.3 Å². The van der Waals surface area contributed by atoms with Gasteiger partial charge in [0.2, 0.25) is 5.91 Å². The van der Waals surface area contributed by atoms with Gasteiger partial charge in [-0.1, -0.05) is 44.9 Å². The Kier molecular flexibility index (Phi) is 7.67. The van der Waals surface area contributed by atoms with Crippen LogP contribution in [-0.2, 0) is 4.79 Å². The number of hydrogen-bond donors (Lipinski definition) is 3. The lowest BCUT2D eigenvalue weighted by Gasteiger charge is -2.30. The van der Waals surface area contributed by atoms with E-state index in [1.807, 2.05) is 0 Å². The molecule has 0 bridgehead atoms. The van der Waals surface area contributed by atoms with E-state index in [0.717, 1.165) is 51.4 Å². The van der Waals surface area contributed by atoms with E-state index in [2.05, 4.69) is 16.0 Å². The summed E-state index contributed by atoms with van der Waals surface area (Å²) in [6.07, 6.45) is 16.9. The lowest BCUT2D eigenvalue weighted by atomic mass is 9.81. The number of carbonyl (C=O) groups is 1. The van der Waals surface area contributed by atoms with Gasteiger partial charge >= 0.3 is 0 Å². The Labute approximate surface area is 185 Å². The Bertz CT molecular complexity index is 791. The zero-order valence-corrected chi connectivity index (χ0v) is 18.8. The van der Waals surface area contributed by atoms with E-state index >= 15 is 0 Å². The van der Waals surface area contributed by atoms with Crippen molar-refractivity contribution in [2.75, 3.05) is 17.2 Å². The second-order valence-corrected chi connectivity index (χ2v) is 10.2. The summed E-state index contributed by atoms with van der Waals surface area (Å²) in [5.74, 6) is 0.836. The molecule has 1 amide bonds. The Hall–Kier alpha value is -1.85. The molecule has 0 aromatic heterocycles. The molecule has 31 heavy (non-hydrogen) atoms. The molecule has 0 unspecified atom stereocenters. The zero-order chi connectivity index (χ0) is 21.6. The first kappa shape index (κ1) is 22.3. The highest BCUT2D eigenvalue weighted by molar-refractivity contribution is 5.79. The molecular formula is C25H39N3O3. The fraction of sp³-hybridized carbons (Fsp3) is 0.800. The first-order chi connectivity index (χ1) is 15.1. The summed E-state index contributed by atoms with van der Waals surface area (Å²) >= 11 is 0. The van der Waals surface area contributed by atoms with Gasteiger partial charge in [-0.15, -0.1) is 0 Å². The number of carbonyl (C=O) groups excluding carboxylic acids is 1. The van der Waals surface area contributed by atoms with Crippen molar-refractivity contribution >= 4 is 17.3 Å². The smallest absolute Gasteiger partial charge is 0.253 e. The first-order valence-corrected chi connectivity index (χ1v) is 12.8. The molecule has 0 heterocycles. The number of nitrogens with one attached hydrogen (secondary N) is 3. The summed E-state index contributed by atoms with van der Waals surface area (Å²) in [4.78, 5) is 36.8. The van der Waals surface area contributed by atoms with Crippen LogP contribution >= 0.6 is 0 Å². The van der Waals surface area contributed by atoms with Crippen LogP contribution in [-0.4, -0.2) is 24.5 Å². The van der Waals surface area contributed by atoms with Crippen molar-refractivity contribution in [3.8, 4) is 0 Å². The van der Waals surface area contributed by atoms with E-state index < -0.39 is 0 Å². The van der Waals surface area contributed by atoms with Crippen molar-refractivity contribution in [2.45, 2.75) is 108 Å². The maximum Gasteiger partial charge on any atom is 0.253 e. The van der Waals surface area contributed by atoms with Gasteiger partial charge in [0.1, 0.15) is 11.4 Å². The lowest BCUT2D eigenvalue weighted by molar-refractivity contribution is -0.127. The molecule has 0 aliphatic heterocycles. The van der Waals surface area contributed by atoms with Gasteiger partial charge < -0.3 is 16.0 Å². The van der Waals surface area contributed by atoms with E-state index in [1.165, 1.54) is 44.9 Å². The van der Waals surface area contributed by atoms with Crippen molar-refractivity contribution in [1.82, 2.24) is 5.32 Å². The number of anilines is 2. The maximum atomic E-state index is 12.7. The molecule has 3 aliphatic carbocycles. The van der Waals surface area contributed by atoms with Crippen LogP contribution in [0.5, 0.6) is 0 Å². The van der Waals surface area contributed by atoms with Crippen LogP contribution in [0.2, 0.25) is 0 Å². The maximum absolute atomic E-state index is 12.7. The van der Waals surface area contributed by atoms with E-state index in [4.69, 9.17) is 0 Å². The monoisotopic (exact) mass is 429 g/mol. The number of hydrogen-bond acceptors (Lipinski definition) is 5. The minimum Gasteiger partial charge on any atom is -0.380 e. The van der Waals surface area contributed by atoms with E-state index in [9.17, 15) is 14.4 Å². The van der Waals surface area contributed by atoms with Crippen molar-refractivity contribution in [3.05, 3.63) is 20.4 Å². The fourth-order valence-corrected chi connectivity index (χ4v) is 5.77. The van der Waals surface area contributed by atoms with Crippen LogP contribution in [0, 0.1) is 11.8 Å². The van der Waals surface area contributed by atoms with Gasteiger partial charge in [-0.25, -0.2) is 0 Å². The molecule has 4 rings (SSSR count). The van der Waals surface area contributed by atoms with Gasteiger partial charge in [-0.2, -0.15) is 0 Å². The zero-order valence-electron chi connectivity index (χ0n) is 18.8. The average molecular weight is 430 g/mol. The summed E-state index contributed by atoms with van der Waals surface area (Å²) in [6.45, 7) is 0.709. The SMILES string of the molecule is O=C(NC1CCCCCC1)C1CCC(CNc2c(NC3CCCCC3)c(=O)c2=O)CC1. The molecule has 3 fully saturated rings. The van der Waals surface area contributed by atoms with Crippen LogP contribution in [0.3, 0.4) is 0 Å². The van der Waals surface area contributed by atoms with Crippen LogP contribution < -0.4 is 26.8 Å². The van der Waals surface area contributed by atoms with Crippen molar-refractivity contribution in [1.29, 1.82) is 0 Å². The largest absolute Gasteiger partial charge is 0.380 e. The van der Waals surface area contributed by atoms with Crippen molar-refractivity contribution in [3.63, 3.8) is 0 Å². The summed E-state index contributed by atoms with van der Waals surface area (Å²) in [7, 11) is 0. The molecule has 172 valence electrons. The van der Waals surface area contributed by atoms with Gasteiger partial charge in [-0.3, -0.25) is 14.4 Å². The predicted molar refractivity (Wildman–Crippen MR) is 125 cm³/mol. The summed E-state index contributed by atoms with van der Waals surface area (Å²) in [5, 5.41) is 9.92. The van der Waals surface area contributed by atoms with E-state index in [-0.39, 0.29) is 22.7 Å². The highest BCUT2D eigenvalue weighted by Crippen LogP contribution is 2.30. The molecule has 6 heteroatoms. The second kappa shape index (κ2) is 10.6. The average Bonchev–Trinajstić information content (AvgIpc) is 3.08. The molecule has 0 saturated heterocycles. The highest BCUT2D eigenvalue weighted by Gasteiger charge is 2.29. The molecular weight excluding hydrogens is 390 g/mol. The summed E-state index contributed by atoms with van der Waals surface area (Å²) in [5.41, 5.74) is 0.249. The fourth-order valence-electron chi connectivity index (χ4n) is 5.77. The number of amides is 1. The lowest BCUT2D eigenvalue weighted by Crippen LogP contribution is -2.41. The molecule has 0 atom stereocenters. The van der Waals surface area contributed by atoms with Gasteiger partial charge in [0.05, 0.1) is 0 Å². The molecule has 3 saturated carbocycles. The minimum absolute atomic E-state index is 0.133. The summed E-state index contributed by atoms with van der Waals surface area (Å²) < 4.78 is 0. The normalized spacial score (nSPS) is 26.3. The molecule has 3 aliphatic rings. The first-order valence-electron chi connectivity index (χ1n) is 12.8. The van der Waals surface area contributed by atoms with Crippen molar-refractivity contribution in [2.24, 2.45) is 11.8 Å². The Morgan fingerprint density at radius 3 is 1.87 bits per heavy atom. The quantitative estimate of drug-likeness (QED) is 0.449. The van der Waals surface area contributed by atoms with Gasteiger partial charge in [0.15, 0.2) is 0 Å².